The smallest absolute Gasteiger partial charge is 0.410 e. The summed E-state index contributed by atoms with van der Waals surface area (Å²) >= 11 is 0. The topological polar surface area (TPSA) is 188 Å². The Bertz CT molecular complexity index is 2930. The lowest BCUT2D eigenvalue weighted by Gasteiger charge is -2.34. The maximum Gasteiger partial charge on any atom is 0.410 e. The molecule has 0 bridgehead atoms. The number of halogens is 2. The molecule has 1 saturated carbocycles. The molecule has 2 amide bonds. The van der Waals surface area contributed by atoms with Gasteiger partial charge in [0.2, 0.25) is 0 Å². The van der Waals surface area contributed by atoms with E-state index < -0.39 is 35.1 Å². The summed E-state index contributed by atoms with van der Waals surface area (Å²) in [7, 11) is 1.75. The van der Waals surface area contributed by atoms with Gasteiger partial charge in [0, 0.05) is 74.0 Å². The molecule has 9 rings (SSSR count). The van der Waals surface area contributed by atoms with Crippen LogP contribution in [0.3, 0.4) is 0 Å². The van der Waals surface area contributed by atoms with Gasteiger partial charge in [-0.1, -0.05) is 13.0 Å². The van der Waals surface area contributed by atoms with E-state index in [9.17, 15) is 14.7 Å². The summed E-state index contributed by atoms with van der Waals surface area (Å²) in [5, 5.41) is 37.1. The van der Waals surface area contributed by atoms with Crippen molar-refractivity contribution >= 4 is 40.6 Å². The Hall–Kier alpha value is -6.88. The molecular weight excluding hydrogens is 811 g/mol. The van der Waals surface area contributed by atoms with E-state index in [1.54, 1.807) is 89.9 Å². The summed E-state index contributed by atoms with van der Waals surface area (Å²) in [5.41, 5.74) is 3.54. The molecule has 2 aliphatic heterocycles. The van der Waals surface area contributed by atoms with Crippen molar-refractivity contribution in [2.75, 3.05) is 32.1 Å². The number of hydrogen-bond acceptors (Lipinski definition) is 8. The van der Waals surface area contributed by atoms with Gasteiger partial charge >= 0.3 is 11.8 Å². The van der Waals surface area contributed by atoms with Crippen LogP contribution in [0.2, 0.25) is 0 Å². The molecule has 1 aliphatic carbocycles. The van der Waals surface area contributed by atoms with Crippen LogP contribution in [0.25, 0.3) is 28.1 Å². The lowest BCUT2D eigenvalue weighted by molar-refractivity contribution is 0.0664. The number of imidazole rings is 1. The number of rotatable bonds is 9. The van der Waals surface area contributed by atoms with Gasteiger partial charge in [-0.15, -0.1) is 0 Å². The molecule has 0 spiro atoms. The van der Waals surface area contributed by atoms with Crippen molar-refractivity contribution in [1.29, 1.82) is 10.8 Å². The van der Waals surface area contributed by atoms with E-state index in [0.29, 0.717) is 94.4 Å². The number of aryl methyl sites for hydroxylation is 2. The molecule has 15 nitrogen and oxygen atoms in total. The molecule has 3 aromatic carbocycles. The van der Waals surface area contributed by atoms with E-state index in [1.165, 1.54) is 21.4 Å². The summed E-state index contributed by atoms with van der Waals surface area (Å²) in [6, 6.07) is 12.9. The van der Waals surface area contributed by atoms with Gasteiger partial charge in [-0.2, -0.15) is 5.10 Å². The third kappa shape index (κ3) is 6.55. The Kier molecular flexibility index (Phi) is 10.2. The number of anilines is 1. The second-order valence-corrected chi connectivity index (χ2v) is 16.9. The fraction of sp³-hybridized carbons (Fsp3) is 0.348. The first-order chi connectivity index (χ1) is 30.2. The van der Waals surface area contributed by atoms with E-state index in [2.05, 4.69) is 10.6 Å². The van der Waals surface area contributed by atoms with Crippen molar-refractivity contribution < 1.29 is 28.2 Å². The van der Waals surface area contributed by atoms with Gasteiger partial charge in [-0.3, -0.25) is 24.7 Å². The molecule has 2 fully saturated rings. The van der Waals surface area contributed by atoms with Crippen LogP contribution in [-0.2, 0) is 16.7 Å². The van der Waals surface area contributed by atoms with Crippen LogP contribution in [0, 0.1) is 42.2 Å². The number of amidine groups is 1. The fourth-order valence-corrected chi connectivity index (χ4v) is 9.89. The Morgan fingerprint density at radius 2 is 1.68 bits per heavy atom. The standard InChI is InChI=1S/C46H48F2N10O5/c1-24-18-31(19-25(2)39(24)47)58-41(56-15-14-55(45(56)62)30-6-8-34(51-5)29(20-30)23-49)38-27(4)54(13-10-35(38)53-58)42(59)37-21-33-36(9-7-32(40(33)48)28-11-16-63-17-12-28)57(37)46(22-26(46)3)43(50)52-44(60)61/h6-9,14-15,18-21,23,26-28,49,51H,10-13,16-17,22H2,1-5H3,(H2,50,52)(H,60,61)/t26-,27-,46-/m0/s1. The van der Waals surface area contributed by atoms with Gasteiger partial charge < -0.3 is 30.0 Å². The minimum Gasteiger partial charge on any atom is -0.465 e. The highest BCUT2D eigenvalue weighted by Crippen LogP contribution is 2.53. The largest absolute Gasteiger partial charge is 0.465 e. The van der Waals surface area contributed by atoms with Crippen LogP contribution >= 0.6 is 0 Å². The molecule has 3 aliphatic rings. The molecule has 3 atom stereocenters. The van der Waals surface area contributed by atoms with Crippen molar-refractivity contribution in [3.8, 4) is 17.2 Å². The zero-order chi connectivity index (χ0) is 44.6. The predicted molar refractivity (Wildman–Crippen MR) is 234 cm³/mol. The second-order valence-electron chi connectivity index (χ2n) is 16.9. The average molecular weight is 859 g/mol. The molecule has 6 aromatic rings. The fourth-order valence-electron chi connectivity index (χ4n) is 9.89. The highest BCUT2D eigenvalue weighted by molar-refractivity contribution is 6.05. The Labute approximate surface area is 360 Å². The van der Waals surface area contributed by atoms with Crippen LogP contribution in [-0.4, -0.2) is 84.3 Å². The van der Waals surface area contributed by atoms with E-state index >= 15 is 13.6 Å². The molecule has 63 heavy (non-hydrogen) atoms. The minimum atomic E-state index is -1.42. The van der Waals surface area contributed by atoms with Crippen molar-refractivity contribution in [2.45, 2.75) is 70.9 Å². The van der Waals surface area contributed by atoms with Gasteiger partial charge in [0.05, 0.1) is 28.6 Å². The van der Waals surface area contributed by atoms with Gasteiger partial charge in [0.1, 0.15) is 34.5 Å². The first kappa shape index (κ1) is 41.5. The van der Waals surface area contributed by atoms with Crippen LogP contribution < -0.4 is 16.3 Å². The van der Waals surface area contributed by atoms with Crippen LogP contribution in [0.15, 0.2) is 65.7 Å². The monoisotopic (exact) mass is 858 g/mol. The van der Waals surface area contributed by atoms with Gasteiger partial charge in [0.15, 0.2) is 0 Å². The summed E-state index contributed by atoms with van der Waals surface area (Å²) < 4.78 is 43.6. The number of fused-ring (bicyclic) bond motifs is 2. The normalized spacial score (nSPS) is 19.8. The number of ether oxygens (including phenoxy) is 1. The number of hydrogen-bond donors (Lipinski definition) is 5. The number of carbonyl (C=O) groups excluding carboxylic acids is 1. The summed E-state index contributed by atoms with van der Waals surface area (Å²) in [4.78, 5) is 43.5. The van der Waals surface area contributed by atoms with Crippen molar-refractivity contribution in [1.82, 2.24) is 33.7 Å². The molecule has 0 unspecified atom stereocenters. The molecule has 5 heterocycles. The van der Waals surface area contributed by atoms with Crippen LogP contribution in [0.5, 0.6) is 0 Å². The van der Waals surface area contributed by atoms with E-state index in [4.69, 9.17) is 20.7 Å². The number of carboxylic acid groups (broad SMARTS) is 1. The highest BCUT2D eigenvalue weighted by atomic mass is 19.1. The first-order valence-corrected chi connectivity index (χ1v) is 21.0. The predicted octanol–water partition coefficient (Wildman–Crippen LogP) is 7.34. The Morgan fingerprint density at radius 1 is 0.984 bits per heavy atom. The van der Waals surface area contributed by atoms with Crippen LogP contribution in [0.4, 0.5) is 19.3 Å². The van der Waals surface area contributed by atoms with E-state index in [-0.39, 0.29) is 47.5 Å². The third-order valence-electron chi connectivity index (χ3n) is 13.3. The number of nitrogens with zero attached hydrogens (tertiary/aromatic N) is 6. The highest BCUT2D eigenvalue weighted by Gasteiger charge is 2.59. The Morgan fingerprint density at radius 3 is 2.33 bits per heavy atom. The van der Waals surface area contributed by atoms with Crippen molar-refractivity contribution in [2.24, 2.45) is 5.92 Å². The maximum atomic E-state index is 16.8. The quantitative estimate of drug-likeness (QED) is 0.0743. The summed E-state index contributed by atoms with van der Waals surface area (Å²) in [6.07, 6.45) is 4.90. The summed E-state index contributed by atoms with van der Waals surface area (Å²) in [6.45, 7) is 8.22. The van der Waals surface area contributed by atoms with Crippen molar-refractivity contribution in [3.63, 3.8) is 0 Å². The lowest BCUT2D eigenvalue weighted by Crippen LogP contribution is -2.45. The van der Waals surface area contributed by atoms with Crippen molar-refractivity contribution in [3.05, 3.63) is 122 Å². The molecule has 17 heteroatoms. The van der Waals surface area contributed by atoms with E-state index in [0.717, 1.165) is 0 Å². The minimum absolute atomic E-state index is 0.0837. The average Bonchev–Trinajstić information content (AvgIpc) is 3.54. The zero-order valence-corrected chi connectivity index (χ0v) is 35.6. The number of carbonyl (C=O) groups is 2. The molecule has 3 aromatic heterocycles. The summed E-state index contributed by atoms with van der Waals surface area (Å²) in [5.74, 6) is -1.63. The number of benzene rings is 3. The molecular formula is C46H48F2N10O5. The molecule has 5 N–H and O–H groups in total. The lowest BCUT2D eigenvalue weighted by atomic mass is 9.90. The number of aromatic nitrogens is 5. The second kappa shape index (κ2) is 15.5. The first-order valence-electron chi connectivity index (χ1n) is 21.0. The number of amides is 2. The van der Waals surface area contributed by atoms with Gasteiger partial charge in [0.25, 0.3) is 5.91 Å². The van der Waals surface area contributed by atoms with Crippen LogP contribution in [0.1, 0.15) is 89.1 Å². The third-order valence-corrected chi connectivity index (χ3v) is 13.3. The maximum absolute atomic E-state index is 16.8. The van der Waals surface area contributed by atoms with Gasteiger partial charge in [-0.05, 0) is 111 Å². The molecule has 1 saturated heterocycles. The SMILES string of the molecule is CNc1ccc(-n2ccn(-c3c4c(nn3-c3cc(C)c(F)c(C)c3)CCN(C(=O)c3cc5c(F)c(C6CCOCC6)ccc5n3[C@@]3(C(=N)NC(=O)O)C[C@@H]3C)[C@H]4C)c2=O)cc1C=N. The molecule has 0 radical (unpaired) electrons. The Balaban J connectivity index is 1.20. The number of nitrogens with one attached hydrogen (secondary N) is 4. The zero-order valence-electron chi connectivity index (χ0n) is 35.6. The van der Waals surface area contributed by atoms with Gasteiger partial charge in [-0.25, -0.2) is 23.1 Å². The van der Waals surface area contributed by atoms with E-state index in [1.807, 2.05) is 13.8 Å². The molecule has 326 valence electrons.